The first-order valence-corrected chi connectivity index (χ1v) is 7.03. The van der Waals surface area contributed by atoms with Crippen molar-refractivity contribution < 1.29 is 13.9 Å². The molecule has 0 saturated heterocycles. The number of para-hydroxylation sites is 1. The summed E-state index contributed by atoms with van der Waals surface area (Å²) in [7, 11) is 0. The minimum atomic E-state index is -0.486. The molecule has 1 heterocycles. The summed E-state index contributed by atoms with van der Waals surface area (Å²) in [6.07, 6.45) is 1.09. The minimum Gasteiger partial charge on any atom is -0.460 e. The van der Waals surface area contributed by atoms with E-state index in [1.54, 1.807) is 6.07 Å². The Morgan fingerprint density at radius 2 is 2.15 bits per heavy atom. The van der Waals surface area contributed by atoms with Crippen LogP contribution >= 0.6 is 0 Å². The Hall–Kier alpha value is -1.58. The molecule has 0 aromatic heterocycles. The standard InChI is InChI=1S/C16H22FNO2/c1-10-8-11(9-14(19)20-16(2,3)4)12-6-5-7-13(17)15(12)18-10/h5-7,10-11,18H,8-9H2,1-4H3. The summed E-state index contributed by atoms with van der Waals surface area (Å²) in [6.45, 7) is 7.55. The fraction of sp³-hybridized carbons (Fsp3) is 0.562. The van der Waals surface area contributed by atoms with E-state index in [-0.39, 0.29) is 23.7 Å². The first-order chi connectivity index (χ1) is 9.26. The van der Waals surface area contributed by atoms with Crippen molar-refractivity contribution in [1.82, 2.24) is 0 Å². The minimum absolute atomic E-state index is 0.00630. The van der Waals surface area contributed by atoms with Gasteiger partial charge in [0.05, 0.1) is 12.1 Å². The molecule has 2 atom stereocenters. The molecule has 0 amide bonds. The van der Waals surface area contributed by atoms with Crippen LogP contribution in [0, 0.1) is 5.82 Å². The molecular formula is C16H22FNO2. The highest BCUT2D eigenvalue weighted by molar-refractivity contribution is 5.72. The highest BCUT2D eigenvalue weighted by Crippen LogP contribution is 2.38. The van der Waals surface area contributed by atoms with E-state index in [4.69, 9.17) is 4.74 Å². The Balaban J connectivity index is 2.18. The Kier molecular flexibility index (Phi) is 4.02. The molecule has 20 heavy (non-hydrogen) atoms. The van der Waals surface area contributed by atoms with E-state index in [1.807, 2.05) is 33.8 Å². The highest BCUT2D eigenvalue weighted by atomic mass is 19.1. The van der Waals surface area contributed by atoms with E-state index in [0.29, 0.717) is 12.1 Å². The van der Waals surface area contributed by atoms with Crippen molar-refractivity contribution in [3.8, 4) is 0 Å². The highest BCUT2D eigenvalue weighted by Gasteiger charge is 2.29. The lowest BCUT2D eigenvalue weighted by Crippen LogP contribution is -2.30. The smallest absolute Gasteiger partial charge is 0.306 e. The number of esters is 1. The molecule has 2 unspecified atom stereocenters. The number of carbonyl (C=O) groups is 1. The second kappa shape index (κ2) is 5.43. The largest absolute Gasteiger partial charge is 0.460 e. The van der Waals surface area contributed by atoms with Crippen LogP contribution in [0.4, 0.5) is 10.1 Å². The van der Waals surface area contributed by atoms with Crippen LogP contribution in [-0.2, 0) is 9.53 Å². The second-order valence-electron chi connectivity index (χ2n) is 6.47. The molecule has 1 aromatic rings. The van der Waals surface area contributed by atoms with Crippen LogP contribution in [0.3, 0.4) is 0 Å². The number of benzene rings is 1. The van der Waals surface area contributed by atoms with Crippen molar-refractivity contribution >= 4 is 11.7 Å². The number of hydrogen-bond donors (Lipinski definition) is 1. The van der Waals surface area contributed by atoms with Crippen LogP contribution in [0.5, 0.6) is 0 Å². The van der Waals surface area contributed by atoms with E-state index in [0.717, 1.165) is 12.0 Å². The first kappa shape index (κ1) is 14.8. The van der Waals surface area contributed by atoms with Crippen molar-refractivity contribution in [3.63, 3.8) is 0 Å². The van der Waals surface area contributed by atoms with E-state index in [9.17, 15) is 9.18 Å². The summed E-state index contributed by atoms with van der Waals surface area (Å²) in [5.74, 6) is -0.484. The molecule has 0 aliphatic carbocycles. The lowest BCUT2D eigenvalue weighted by atomic mass is 9.85. The van der Waals surface area contributed by atoms with Crippen LogP contribution in [0.1, 0.15) is 52.0 Å². The van der Waals surface area contributed by atoms with E-state index in [1.165, 1.54) is 6.07 Å². The van der Waals surface area contributed by atoms with Gasteiger partial charge in [-0.25, -0.2) is 4.39 Å². The molecule has 1 N–H and O–H groups in total. The predicted octanol–water partition coefficient (Wildman–Crippen LogP) is 3.85. The molecule has 1 aliphatic rings. The number of hydrogen-bond acceptors (Lipinski definition) is 3. The number of ether oxygens (including phenoxy) is 1. The molecule has 0 fully saturated rings. The van der Waals surface area contributed by atoms with E-state index < -0.39 is 5.60 Å². The third-order valence-corrected chi connectivity index (χ3v) is 3.35. The van der Waals surface area contributed by atoms with Crippen molar-refractivity contribution in [2.75, 3.05) is 5.32 Å². The zero-order valence-corrected chi connectivity index (χ0v) is 12.5. The van der Waals surface area contributed by atoms with Crippen LogP contribution in [0.2, 0.25) is 0 Å². The van der Waals surface area contributed by atoms with Gasteiger partial charge in [0.1, 0.15) is 11.4 Å². The van der Waals surface area contributed by atoms with Gasteiger partial charge in [-0.3, -0.25) is 4.79 Å². The van der Waals surface area contributed by atoms with Gasteiger partial charge in [-0.15, -0.1) is 0 Å². The van der Waals surface area contributed by atoms with Gasteiger partial charge in [0.25, 0.3) is 0 Å². The number of fused-ring (bicyclic) bond motifs is 1. The summed E-state index contributed by atoms with van der Waals surface area (Å²) in [5, 5.41) is 3.15. The molecule has 0 radical (unpaired) electrons. The molecule has 0 bridgehead atoms. The quantitative estimate of drug-likeness (QED) is 0.836. The third-order valence-electron chi connectivity index (χ3n) is 3.35. The number of carbonyl (C=O) groups excluding carboxylic acids is 1. The fourth-order valence-corrected chi connectivity index (χ4v) is 2.67. The molecular weight excluding hydrogens is 257 g/mol. The topological polar surface area (TPSA) is 38.3 Å². The average Bonchev–Trinajstić information content (AvgIpc) is 2.28. The Morgan fingerprint density at radius 3 is 2.80 bits per heavy atom. The lowest BCUT2D eigenvalue weighted by molar-refractivity contribution is -0.155. The van der Waals surface area contributed by atoms with Gasteiger partial charge >= 0.3 is 5.97 Å². The van der Waals surface area contributed by atoms with Crippen molar-refractivity contribution in [2.45, 2.75) is 58.1 Å². The summed E-state index contributed by atoms with van der Waals surface area (Å²) in [6, 6.07) is 5.15. The van der Waals surface area contributed by atoms with Crippen molar-refractivity contribution in [2.24, 2.45) is 0 Å². The van der Waals surface area contributed by atoms with Crippen LogP contribution < -0.4 is 5.32 Å². The first-order valence-electron chi connectivity index (χ1n) is 7.03. The van der Waals surface area contributed by atoms with Crippen LogP contribution in [0.25, 0.3) is 0 Å². The number of halogens is 1. The van der Waals surface area contributed by atoms with Crippen LogP contribution in [-0.4, -0.2) is 17.6 Å². The summed E-state index contributed by atoms with van der Waals surface area (Å²) in [4.78, 5) is 12.0. The van der Waals surface area contributed by atoms with Crippen molar-refractivity contribution in [3.05, 3.63) is 29.6 Å². The molecule has 3 nitrogen and oxygen atoms in total. The predicted molar refractivity (Wildman–Crippen MR) is 77.3 cm³/mol. The fourth-order valence-electron chi connectivity index (χ4n) is 2.67. The molecule has 4 heteroatoms. The maximum absolute atomic E-state index is 13.8. The van der Waals surface area contributed by atoms with Gasteiger partial charge in [0.2, 0.25) is 0 Å². The van der Waals surface area contributed by atoms with Gasteiger partial charge in [0.15, 0.2) is 0 Å². The maximum atomic E-state index is 13.8. The Morgan fingerprint density at radius 1 is 1.45 bits per heavy atom. The van der Waals surface area contributed by atoms with E-state index in [2.05, 4.69) is 5.32 Å². The van der Waals surface area contributed by atoms with Crippen molar-refractivity contribution in [1.29, 1.82) is 0 Å². The number of nitrogens with one attached hydrogen (secondary N) is 1. The molecule has 1 aliphatic heterocycles. The Labute approximate surface area is 119 Å². The third kappa shape index (κ3) is 3.50. The molecule has 0 spiro atoms. The normalized spacial score (nSPS) is 21.9. The number of anilines is 1. The number of rotatable bonds is 2. The van der Waals surface area contributed by atoms with Gasteiger partial charge in [-0.1, -0.05) is 12.1 Å². The van der Waals surface area contributed by atoms with Crippen LogP contribution in [0.15, 0.2) is 18.2 Å². The molecule has 1 aromatic carbocycles. The zero-order valence-electron chi connectivity index (χ0n) is 12.5. The summed E-state index contributed by atoms with van der Waals surface area (Å²) < 4.78 is 19.2. The molecule has 2 rings (SSSR count). The Bertz CT molecular complexity index is 508. The maximum Gasteiger partial charge on any atom is 0.306 e. The second-order valence-corrected chi connectivity index (χ2v) is 6.47. The van der Waals surface area contributed by atoms with E-state index >= 15 is 0 Å². The van der Waals surface area contributed by atoms with Gasteiger partial charge in [-0.05, 0) is 51.7 Å². The van der Waals surface area contributed by atoms with Gasteiger partial charge in [-0.2, -0.15) is 0 Å². The lowest BCUT2D eigenvalue weighted by Gasteiger charge is -2.31. The summed E-state index contributed by atoms with van der Waals surface area (Å²) >= 11 is 0. The zero-order chi connectivity index (χ0) is 14.9. The van der Waals surface area contributed by atoms with Gasteiger partial charge < -0.3 is 10.1 Å². The average molecular weight is 279 g/mol. The SMILES string of the molecule is CC1CC(CC(=O)OC(C)(C)C)c2cccc(F)c2N1. The summed E-state index contributed by atoms with van der Waals surface area (Å²) in [5.41, 5.74) is 0.911. The van der Waals surface area contributed by atoms with Gasteiger partial charge in [0, 0.05) is 6.04 Å². The monoisotopic (exact) mass is 279 g/mol. The molecule has 0 saturated carbocycles. The molecule has 110 valence electrons.